The molecule has 0 atom stereocenters. The van der Waals surface area contributed by atoms with Crippen LogP contribution >= 0.6 is 24.0 Å². The standard InChI is InChI=1S/C13H14N2OS2/c1-15(2)13(17)18-8-10-6-5-9-4-3-7-14-11(9)12(10)16/h3-7,16H,8H2,1-2H3. The smallest absolute Gasteiger partial charge is 0.145 e. The minimum atomic E-state index is 0.252. The van der Waals surface area contributed by atoms with Crippen molar-refractivity contribution in [1.82, 2.24) is 9.88 Å². The maximum atomic E-state index is 10.2. The van der Waals surface area contributed by atoms with E-state index < -0.39 is 0 Å². The van der Waals surface area contributed by atoms with Crippen LogP contribution in [-0.2, 0) is 5.75 Å². The highest BCUT2D eigenvalue weighted by atomic mass is 32.2. The first-order valence-electron chi connectivity index (χ1n) is 5.49. The highest BCUT2D eigenvalue weighted by molar-refractivity contribution is 8.22. The molecule has 0 bridgehead atoms. The lowest BCUT2D eigenvalue weighted by molar-refractivity contribution is 0.476. The molecule has 0 spiro atoms. The van der Waals surface area contributed by atoms with E-state index in [4.69, 9.17) is 12.2 Å². The number of fused-ring (bicyclic) bond motifs is 1. The number of phenols is 1. The first kappa shape index (κ1) is 13.1. The van der Waals surface area contributed by atoms with Crippen molar-refractivity contribution in [2.75, 3.05) is 14.1 Å². The molecule has 1 heterocycles. The van der Waals surface area contributed by atoms with E-state index in [2.05, 4.69) is 4.98 Å². The van der Waals surface area contributed by atoms with Crippen molar-refractivity contribution in [3.8, 4) is 5.75 Å². The number of thiocarbonyl (C=S) groups is 1. The Labute approximate surface area is 116 Å². The van der Waals surface area contributed by atoms with Gasteiger partial charge in [-0.05, 0) is 6.07 Å². The molecule has 1 N–H and O–H groups in total. The van der Waals surface area contributed by atoms with Gasteiger partial charge in [0, 0.05) is 37.0 Å². The van der Waals surface area contributed by atoms with Crippen molar-refractivity contribution >= 4 is 39.2 Å². The van der Waals surface area contributed by atoms with Crippen LogP contribution in [0.3, 0.4) is 0 Å². The Morgan fingerprint density at radius 2 is 2.17 bits per heavy atom. The van der Waals surface area contributed by atoms with Crippen LogP contribution < -0.4 is 0 Å². The van der Waals surface area contributed by atoms with Crippen LogP contribution in [0.1, 0.15) is 5.56 Å². The zero-order valence-corrected chi connectivity index (χ0v) is 11.9. The molecule has 0 amide bonds. The maximum Gasteiger partial charge on any atom is 0.145 e. The zero-order chi connectivity index (χ0) is 13.1. The van der Waals surface area contributed by atoms with Crippen LogP contribution in [0.4, 0.5) is 0 Å². The first-order valence-corrected chi connectivity index (χ1v) is 6.88. The summed E-state index contributed by atoms with van der Waals surface area (Å²) in [4.78, 5) is 6.09. The van der Waals surface area contributed by atoms with Crippen molar-refractivity contribution in [3.63, 3.8) is 0 Å². The average molecular weight is 278 g/mol. The number of hydrogen-bond acceptors (Lipinski definition) is 4. The summed E-state index contributed by atoms with van der Waals surface area (Å²) in [5.74, 6) is 0.900. The Hall–Kier alpha value is -1.33. The molecule has 2 rings (SSSR count). The molecule has 0 aliphatic rings. The summed E-state index contributed by atoms with van der Waals surface area (Å²) in [6.45, 7) is 0. The number of nitrogens with zero attached hydrogens (tertiary/aromatic N) is 2. The van der Waals surface area contributed by atoms with Gasteiger partial charge in [0.1, 0.15) is 15.6 Å². The van der Waals surface area contributed by atoms with Crippen molar-refractivity contribution < 1.29 is 5.11 Å². The molecule has 0 saturated carbocycles. The number of pyridine rings is 1. The van der Waals surface area contributed by atoms with Gasteiger partial charge in [-0.15, -0.1) is 0 Å². The molecule has 0 fully saturated rings. The Morgan fingerprint density at radius 1 is 1.39 bits per heavy atom. The minimum absolute atomic E-state index is 0.252. The molecule has 5 heteroatoms. The summed E-state index contributed by atoms with van der Waals surface area (Å²) in [5.41, 5.74) is 1.50. The third kappa shape index (κ3) is 2.73. The predicted molar refractivity (Wildman–Crippen MR) is 81.0 cm³/mol. The van der Waals surface area contributed by atoms with Crippen molar-refractivity contribution in [2.24, 2.45) is 0 Å². The second kappa shape index (κ2) is 5.54. The van der Waals surface area contributed by atoms with Crippen LogP contribution in [-0.4, -0.2) is 33.4 Å². The predicted octanol–water partition coefficient (Wildman–Crippen LogP) is 3.02. The molecule has 18 heavy (non-hydrogen) atoms. The fourth-order valence-electron chi connectivity index (χ4n) is 1.56. The zero-order valence-electron chi connectivity index (χ0n) is 10.3. The Morgan fingerprint density at radius 3 is 2.89 bits per heavy atom. The van der Waals surface area contributed by atoms with E-state index in [0.717, 1.165) is 15.3 Å². The summed E-state index contributed by atoms with van der Waals surface area (Å²) in [5, 5.41) is 11.1. The molecule has 2 aromatic rings. The molecule has 3 nitrogen and oxygen atoms in total. The molecule has 1 aromatic carbocycles. The van der Waals surface area contributed by atoms with Crippen LogP contribution in [0, 0.1) is 0 Å². The van der Waals surface area contributed by atoms with Gasteiger partial charge in [0.15, 0.2) is 0 Å². The van der Waals surface area contributed by atoms with Gasteiger partial charge in [0.05, 0.1) is 0 Å². The molecule has 0 radical (unpaired) electrons. The number of aromatic hydroxyl groups is 1. The molecule has 0 saturated heterocycles. The van der Waals surface area contributed by atoms with Gasteiger partial charge in [0.25, 0.3) is 0 Å². The number of aromatic nitrogens is 1. The van der Waals surface area contributed by atoms with Gasteiger partial charge in [0.2, 0.25) is 0 Å². The van der Waals surface area contributed by atoms with Gasteiger partial charge < -0.3 is 10.0 Å². The summed E-state index contributed by atoms with van der Waals surface area (Å²) in [6, 6.07) is 7.68. The SMILES string of the molecule is CN(C)C(=S)SCc1ccc2cccnc2c1O. The Bertz CT molecular complexity index is 584. The lowest BCUT2D eigenvalue weighted by atomic mass is 10.1. The third-order valence-electron chi connectivity index (χ3n) is 2.55. The van der Waals surface area contributed by atoms with Gasteiger partial charge in [-0.2, -0.15) is 0 Å². The van der Waals surface area contributed by atoms with E-state index in [0.29, 0.717) is 11.3 Å². The normalized spacial score (nSPS) is 10.6. The minimum Gasteiger partial charge on any atom is -0.505 e. The fraction of sp³-hybridized carbons (Fsp3) is 0.231. The number of rotatable bonds is 2. The van der Waals surface area contributed by atoms with Crippen molar-refractivity contribution in [3.05, 3.63) is 36.0 Å². The summed E-state index contributed by atoms with van der Waals surface area (Å²) < 4.78 is 0.801. The summed E-state index contributed by atoms with van der Waals surface area (Å²) in [7, 11) is 3.83. The molecule has 0 aliphatic carbocycles. The van der Waals surface area contributed by atoms with E-state index in [9.17, 15) is 5.11 Å². The van der Waals surface area contributed by atoms with Crippen LogP contribution in [0.2, 0.25) is 0 Å². The largest absolute Gasteiger partial charge is 0.505 e. The summed E-state index contributed by atoms with van der Waals surface area (Å²) >= 11 is 6.74. The van der Waals surface area contributed by atoms with Crippen molar-refractivity contribution in [2.45, 2.75) is 5.75 Å². The van der Waals surface area contributed by atoms with Crippen LogP contribution in [0.25, 0.3) is 10.9 Å². The number of benzene rings is 1. The molecular weight excluding hydrogens is 264 g/mol. The molecule has 1 aromatic heterocycles. The topological polar surface area (TPSA) is 36.4 Å². The Kier molecular flexibility index (Phi) is 4.04. The second-order valence-electron chi connectivity index (χ2n) is 4.10. The highest BCUT2D eigenvalue weighted by Gasteiger charge is 2.09. The molecular formula is C13H14N2OS2. The molecule has 0 aliphatic heterocycles. The van der Waals surface area contributed by atoms with Gasteiger partial charge in [-0.3, -0.25) is 4.98 Å². The number of thioether (sulfide) groups is 1. The van der Waals surface area contributed by atoms with Crippen molar-refractivity contribution in [1.29, 1.82) is 0 Å². The lowest BCUT2D eigenvalue weighted by Crippen LogP contribution is -2.16. The third-order valence-corrected chi connectivity index (χ3v) is 4.33. The summed E-state index contributed by atoms with van der Waals surface area (Å²) in [6.07, 6.45) is 1.68. The lowest BCUT2D eigenvalue weighted by Gasteiger charge is -2.13. The van der Waals surface area contributed by atoms with E-state index in [1.165, 1.54) is 11.8 Å². The second-order valence-corrected chi connectivity index (χ2v) is 5.71. The molecule has 0 unspecified atom stereocenters. The van der Waals surface area contributed by atoms with E-state index in [1.807, 2.05) is 43.3 Å². The number of hydrogen-bond donors (Lipinski definition) is 1. The average Bonchev–Trinajstić information content (AvgIpc) is 2.38. The number of phenolic OH excluding ortho intramolecular Hbond substituents is 1. The Balaban J connectivity index is 2.24. The first-order chi connectivity index (χ1) is 8.59. The van der Waals surface area contributed by atoms with Crippen LogP contribution in [0.15, 0.2) is 30.5 Å². The fourth-order valence-corrected chi connectivity index (χ4v) is 2.50. The van der Waals surface area contributed by atoms with Gasteiger partial charge in [-0.1, -0.05) is 42.2 Å². The molecule has 94 valence electrons. The highest BCUT2D eigenvalue weighted by Crippen LogP contribution is 2.29. The maximum absolute atomic E-state index is 10.2. The van der Waals surface area contributed by atoms with E-state index in [1.54, 1.807) is 6.20 Å². The van der Waals surface area contributed by atoms with E-state index >= 15 is 0 Å². The van der Waals surface area contributed by atoms with Gasteiger partial charge >= 0.3 is 0 Å². The van der Waals surface area contributed by atoms with Gasteiger partial charge in [-0.25, -0.2) is 0 Å². The van der Waals surface area contributed by atoms with E-state index in [-0.39, 0.29) is 5.75 Å². The van der Waals surface area contributed by atoms with Crippen LogP contribution in [0.5, 0.6) is 5.75 Å². The monoisotopic (exact) mass is 278 g/mol. The quantitative estimate of drug-likeness (QED) is 0.855.